The van der Waals surface area contributed by atoms with Crippen molar-refractivity contribution in [2.24, 2.45) is 0 Å². The van der Waals surface area contributed by atoms with Crippen LogP contribution < -0.4 is 10.5 Å². The first-order valence-electron chi connectivity index (χ1n) is 5.71. The number of anilines is 1. The van der Waals surface area contributed by atoms with E-state index in [2.05, 4.69) is 9.97 Å². The number of fused-ring (bicyclic) bond motifs is 1. The van der Waals surface area contributed by atoms with Gasteiger partial charge < -0.3 is 10.5 Å². The summed E-state index contributed by atoms with van der Waals surface area (Å²) in [7, 11) is 0. The number of halogens is 2. The maximum Gasteiger partial charge on any atom is 0.169 e. The fourth-order valence-corrected chi connectivity index (χ4v) is 2.51. The van der Waals surface area contributed by atoms with Crippen molar-refractivity contribution in [3.8, 4) is 5.75 Å². The van der Waals surface area contributed by atoms with Crippen LogP contribution in [-0.4, -0.2) is 9.97 Å². The van der Waals surface area contributed by atoms with E-state index in [1.54, 1.807) is 0 Å². The molecule has 0 unspecified atom stereocenters. The molecule has 2 aromatic heterocycles. The maximum absolute atomic E-state index is 13.4. The Morgan fingerprint density at radius 1 is 1.20 bits per heavy atom. The average molecular weight is 293 g/mol. The van der Waals surface area contributed by atoms with Gasteiger partial charge in [-0.15, -0.1) is 11.3 Å². The molecule has 0 saturated carbocycles. The second-order valence-corrected chi connectivity index (χ2v) is 4.92. The van der Waals surface area contributed by atoms with Gasteiger partial charge in [0.25, 0.3) is 0 Å². The molecule has 0 saturated heterocycles. The van der Waals surface area contributed by atoms with Crippen LogP contribution in [0.2, 0.25) is 0 Å². The van der Waals surface area contributed by atoms with Gasteiger partial charge in [-0.25, -0.2) is 18.7 Å². The highest BCUT2D eigenvalue weighted by Gasteiger charge is 2.09. The lowest BCUT2D eigenvalue weighted by Crippen LogP contribution is -2.05. The Hall–Kier alpha value is -2.28. The fraction of sp³-hybridized carbons (Fsp3) is 0.0769. The van der Waals surface area contributed by atoms with E-state index in [-0.39, 0.29) is 12.4 Å². The number of aromatic nitrogens is 2. The summed E-state index contributed by atoms with van der Waals surface area (Å²) in [6.07, 6.45) is 0. The third-order valence-corrected chi connectivity index (χ3v) is 3.46. The van der Waals surface area contributed by atoms with Crippen LogP contribution in [0, 0.1) is 11.6 Å². The van der Waals surface area contributed by atoms with Crippen molar-refractivity contribution in [2.75, 3.05) is 5.73 Å². The number of thiophene rings is 1. The molecule has 0 aliphatic carbocycles. The standard InChI is InChI=1S/C13H9F2N3OS/c14-7-1-2-9(15)10(5-7)19-6-11-17-12(16)8-3-4-20-13(8)18-11/h1-5H,6H2,(H2,16,17,18). The van der Waals surface area contributed by atoms with Crippen LogP contribution in [0.25, 0.3) is 10.2 Å². The third-order valence-electron chi connectivity index (χ3n) is 2.65. The second kappa shape index (κ2) is 5.01. The molecule has 0 amide bonds. The topological polar surface area (TPSA) is 61.0 Å². The number of hydrogen-bond acceptors (Lipinski definition) is 5. The number of hydrogen-bond donors (Lipinski definition) is 1. The van der Waals surface area contributed by atoms with Crippen molar-refractivity contribution in [3.05, 3.63) is 47.1 Å². The predicted molar refractivity (Wildman–Crippen MR) is 72.5 cm³/mol. The summed E-state index contributed by atoms with van der Waals surface area (Å²) in [5.74, 6) is -0.735. The highest BCUT2D eigenvalue weighted by Crippen LogP contribution is 2.24. The molecule has 20 heavy (non-hydrogen) atoms. The SMILES string of the molecule is Nc1nc(COc2cc(F)ccc2F)nc2sccc12. The molecule has 0 spiro atoms. The Labute approximate surface area is 116 Å². The van der Waals surface area contributed by atoms with E-state index in [0.29, 0.717) is 11.6 Å². The van der Waals surface area contributed by atoms with Gasteiger partial charge in [-0.3, -0.25) is 0 Å². The van der Waals surface area contributed by atoms with Gasteiger partial charge in [0.15, 0.2) is 17.4 Å². The molecule has 0 atom stereocenters. The number of benzene rings is 1. The van der Waals surface area contributed by atoms with Crippen molar-refractivity contribution >= 4 is 27.4 Å². The molecule has 102 valence electrons. The number of nitrogens with two attached hydrogens (primary N) is 1. The summed E-state index contributed by atoms with van der Waals surface area (Å²) in [4.78, 5) is 9.05. The summed E-state index contributed by atoms with van der Waals surface area (Å²) >= 11 is 1.42. The van der Waals surface area contributed by atoms with Crippen molar-refractivity contribution < 1.29 is 13.5 Å². The number of ether oxygens (including phenoxy) is 1. The monoisotopic (exact) mass is 293 g/mol. The molecule has 2 N–H and O–H groups in total. The summed E-state index contributed by atoms with van der Waals surface area (Å²) in [6, 6.07) is 4.82. The summed E-state index contributed by atoms with van der Waals surface area (Å²) in [6.45, 7) is -0.0849. The lowest BCUT2D eigenvalue weighted by Gasteiger charge is -2.07. The zero-order valence-corrected chi connectivity index (χ0v) is 11.0. The van der Waals surface area contributed by atoms with E-state index in [0.717, 1.165) is 28.4 Å². The highest BCUT2D eigenvalue weighted by molar-refractivity contribution is 7.16. The Kier molecular flexibility index (Phi) is 3.19. The molecule has 0 aliphatic rings. The van der Waals surface area contributed by atoms with Gasteiger partial charge in [-0.1, -0.05) is 0 Å². The van der Waals surface area contributed by atoms with E-state index in [1.165, 1.54) is 11.3 Å². The van der Waals surface area contributed by atoms with Crippen molar-refractivity contribution in [1.29, 1.82) is 0 Å². The lowest BCUT2D eigenvalue weighted by molar-refractivity contribution is 0.280. The van der Waals surface area contributed by atoms with Gasteiger partial charge in [0.1, 0.15) is 23.1 Å². The Morgan fingerprint density at radius 2 is 2.05 bits per heavy atom. The summed E-state index contributed by atoms with van der Waals surface area (Å²) in [5.41, 5.74) is 5.79. The van der Waals surface area contributed by atoms with Crippen LogP contribution in [0.5, 0.6) is 5.75 Å². The Morgan fingerprint density at radius 3 is 2.90 bits per heavy atom. The van der Waals surface area contributed by atoms with Crippen molar-refractivity contribution in [1.82, 2.24) is 9.97 Å². The lowest BCUT2D eigenvalue weighted by atomic mass is 10.3. The molecule has 3 rings (SSSR count). The minimum atomic E-state index is -0.642. The molecule has 7 heteroatoms. The van der Waals surface area contributed by atoms with Gasteiger partial charge in [0.2, 0.25) is 0 Å². The van der Waals surface area contributed by atoms with Gasteiger partial charge >= 0.3 is 0 Å². The van der Waals surface area contributed by atoms with Crippen LogP contribution >= 0.6 is 11.3 Å². The number of nitrogen functional groups attached to an aromatic ring is 1. The quantitative estimate of drug-likeness (QED) is 0.806. The van der Waals surface area contributed by atoms with E-state index in [9.17, 15) is 8.78 Å². The molecule has 0 bridgehead atoms. The van der Waals surface area contributed by atoms with Crippen LogP contribution in [0.4, 0.5) is 14.6 Å². The number of rotatable bonds is 3. The molecular formula is C13H9F2N3OS. The van der Waals surface area contributed by atoms with E-state index >= 15 is 0 Å². The van der Waals surface area contributed by atoms with Gasteiger partial charge in [0.05, 0.1) is 5.39 Å². The van der Waals surface area contributed by atoms with Gasteiger partial charge in [0, 0.05) is 6.07 Å². The smallest absolute Gasteiger partial charge is 0.169 e. The molecule has 3 aromatic rings. The van der Waals surface area contributed by atoms with Gasteiger partial charge in [-0.2, -0.15) is 0 Å². The molecule has 0 aliphatic heterocycles. The molecular weight excluding hydrogens is 284 g/mol. The third kappa shape index (κ3) is 2.39. The Bertz CT molecular complexity index is 775. The van der Waals surface area contributed by atoms with Crippen LogP contribution in [-0.2, 0) is 6.61 Å². The minimum absolute atomic E-state index is 0.0849. The highest BCUT2D eigenvalue weighted by atomic mass is 32.1. The first-order valence-corrected chi connectivity index (χ1v) is 6.59. The summed E-state index contributed by atoms with van der Waals surface area (Å²) < 4.78 is 31.6. The Balaban J connectivity index is 1.84. The zero-order valence-electron chi connectivity index (χ0n) is 10.1. The van der Waals surface area contributed by atoms with E-state index in [1.807, 2.05) is 11.4 Å². The molecule has 0 fully saturated rings. The fourth-order valence-electron chi connectivity index (χ4n) is 1.72. The largest absolute Gasteiger partial charge is 0.482 e. The summed E-state index contributed by atoms with van der Waals surface area (Å²) in [5, 5.41) is 2.63. The van der Waals surface area contributed by atoms with Crippen LogP contribution in [0.1, 0.15) is 5.82 Å². The number of nitrogens with zero attached hydrogens (tertiary/aromatic N) is 2. The molecule has 2 heterocycles. The normalized spacial score (nSPS) is 10.9. The first-order chi connectivity index (χ1) is 9.63. The average Bonchev–Trinajstić information content (AvgIpc) is 2.89. The maximum atomic E-state index is 13.4. The molecule has 4 nitrogen and oxygen atoms in total. The zero-order chi connectivity index (χ0) is 14.1. The van der Waals surface area contributed by atoms with E-state index < -0.39 is 11.6 Å². The molecule has 0 radical (unpaired) electrons. The van der Waals surface area contributed by atoms with Crippen LogP contribution in [0.15, 0.2) is 29.6 Å². The van der Waals surface area contributed by atoms with Crippen molar-refractivity contribution in [2.45, 2.75) is 6.61 Å². The predicted octanol–water partition coefficient (Wildman–Crippen LogP) is 3.13. The molecule has 1 aromatic carbocycles. The minimum Gasteiger partial charge on any atom is -0.482 e. The van der Waals surface area contributed by atoms with E-state index in [4.69, 9.17) is 10.5 Å². The van der Waals surface area contributed by atoms with Crippen LogP contribution in [0.3, 0.4) is 0 Å². The first kappa shape index (κ1) is 12.7. The van der Waals surface area contributed by atoms with Gasteiger partial charge in [-0.05, 0) is 23.6 Å². The van der Waals surface area contributed by atoms with Crippen molar-refractivity contribution in [3.63, 3.8) is 0 Å². The second-order valence-electron chi connectivity index (χ2n) is 4.03.